The Labute approximate surface area is 174 Å². The Morgan fingerprint density at radius 2 is 2.00 bits per heavy atom. The fourth-order valence-electron chi connectivity index (χ4n) is 3.35. The van der Waals surface area contributed by atoms with Crippen molar-refractivity contribution in [2.75, 3.05) is 6.61 Å². The van der Waals surface area contributed by atoms with Crippen LogP contribution in [0.15, 0.2) is 33.0 Å². The molecule has 28 heavy (non-hydrogen) atoms. The van der Waals surface area contributed by atoms with Crippen molar-refractivity contribution in [2.45, 2.75) is 68.0 Å². The molecule has 0 radical (unpaired) electrons. The van der Waals surface area contributed by atoms with E-state index in [2.05, 4.69) is 13.0 Å². The number of thioether (sulfide) groups is 2. The largest absolute Gasteiger partial charge is 0.465 e. The molecule has 150 valence electrons. The summed E-state index contributed by atoms with van der Waals surface area (Å²) < 4.78 is 6.87. The average Bonchev–Trinajstić information content (AvgIpc) is 2.99. The van der Waals surface area contributed by atoms with Gasteiger partial charge in [0.1, 0.15) is 5.25 Å². The molecule has 0 bridgehead atoms. The van der Waals surface area contributed by atoms with E-state index in [9.17, 15) is 9.59 Å². The minimum Gasteiger partial charge on any atom is -0.465 e. The molecule has 1 aliphatic rings. The minimum absolute atomic E-state index is 0.0504. The van der Waals surface area contributed by atoms with Crippen molar-refractivity contribution in [3.8, 4) is 5.69 Å². The van der Waals surface area contributed by atoms with Crippen LogP contribution in [0.4, 0.5) is 0 Å². The maximum absolute atomic E-state index is 13.4. The van der Waals surface area contributed by atoms with Gasteiger partial charge in [0.15, 0.2) is 5.16 Å². The zero-order valence-corrected chi connectivity index (χ0v) is 18.6. The molecule has 0 fully saturated rings. The molecule has 0 N–H and O–H groups in total. The second kappa shape index (κ2) is 8.74. The third-order valence-electron chi connectivity index (χ3n) is 4.51. The highest BCUT2D eigenvalue weighted by molar-refractivity contribution is 8.00. The lowest BCUT2D eigenvalue weighted by atomic mass is 10.1. The van der Waals surface area contributed by atoms with E-state index in [0.29, 0.717) is 23.4 Å². The predicted molar refractivity (Wildman–Crippen MR) is 115 cm³/mol. The summed E-state index contributed by atoms with van der Waals surface area (Å²) in [5.74, 6) is -0.264. The van der Waals surface area contributed by atoms with Gasteiger partial charge in [-0.3, -0.25) is 14.2 Å². The van der Waals surface area contributed by atoms with Crippen molar-refractivity contribution in [3.05, 3.63) is 45.4 Å². The number of benzene rings is 1. The number of rotatable bonds is 6. The molecule has 7 heteroatoms. The van der Waals surface area contributed by atoms with Crippen LogP contribution in [0, 0.1) is 13.8 Å². The lowest BCUT2D eigenvalue weighted by Gasteiger charge is -2.18. The van der Waals surface area contributed by atoms with E-state index in [-0.39, 0.29) is 11.5 Å². The number of hydrogen-bond donors (Lipinski definition) is 0. The van der Waals surface area contributed by atoms with Gasteiger partial charge in [-0.05, 0) is 50.5 Å². The summed E-state index contributed by atoms with van der Waals surface area (Å²) in [5, 5.41) is 0.493. The Balaban J connectivity index is 2.15. The van der Waals surface area contributed by atoms with Crippen molar-refractivity contribution in [1.82, 2.24) is 9.55 Å². The number of ether oxygens (including phenoxy) is 1. The molecule has 0 saturated carbocycles. The zero-order valence-electron chi connectivity index (χ0n) is 16.9. The van der Waals surface area contributed by atoms with Crippen LogP contribution in [-0.2, 0) is 16.0 Å². The predicted octanol–water partition coefficient (Wildman–Crippen LogP) is 4.32. The molecule has 1 aliphatic heterocycles. The summed E-state index contributed by atoms with van der Waals surface area (Å²) in [6.45, 7) is 10.2. The Bertz CT molecular complexity index is 935. The molecule has 0 amide bonds. The first-order valence-electron chi connectivity index (χ1n) is 9.58. The zero-order chi connectivity index (χ0) is 20.4. The Kier molecular flexibility index (Phi) is 6.55. The van der Waals surface area contributed by atoms with Crippen molar-refractivity contribution in [3.63, 3.8) is 0 Å². The molecule has 0 saturated heterocycles. The first-order chi connectivity index (χ1) is 13.3. The van der Waals surface area contributed by atoms with E-state index < -0.39 is 5.25 Å². The topological polar surface area (TPSA) is 61.2 Å². The quantitative estimate of drug-likeness (QED) is 0.396. The van der Waals surface area contributed by atoms with Crippen LogP contribution in [0.2, 0.25) is 0 Å². The van der Waals surface area contributed by atoms with E-state index in [1.165, 1.54) is 11.8 Å². The fraction of sp³-hybridized carbons (Fsp3) is 0.476. The lowest BCUT2D eigenvalue weighted by Crippen LogP contribution is -2.26. The van der Waals surface area contributed by atoms with Gasteiger partial charge in [-0.15, -0.1) is 11.8 Å². The summed E-state index contributed by atoms with van der Waals surface area (Å²) in [5.41, 5.74) is 3.74. The number of esters is 1. The van der Waals surface area contributed by atoms with E-state index in [4.69, 9.17) is 9.72 Å². The van der Waals surface area contributed by atoms with Crippen molar-refractivity contribution < 1.29 is 9.53 Å². The van der Waals surface area contributed by atoms with Crippen LogP contribution < -0.4 is 5.56 Å². The van der Waals surface area contributed by atoms with Crippen LogP contribution in [0.3, 0.4) is 0 Å². The smallest absolute Gasteiger partial charge is 0.319 e. The highest BCUT2D eigenvalue weighted by Crippen LogP contribution is 2.36. The second-order valence-electron chi connectivity index (χ2n) is 7.06. The van der Waals surface area contributed by atoms with Crippen LogP contribution in [0.25, 0.3) is 5.69 Å². The van der Waals surface area contributed by atoms with Gasteiger partial charge in [0.25, 0.3) is 5.56 Å². The van der Waals surface area contributed by atoms with Crippen molar-refractivity contribution >= 4 is 29.5 Å². The molecular weight excluding hydrogens is 392 g/mol. The van der Waals surface area contributed by atoms with Gasteiger partial charge in [0, 0.05) is 11.7 Å². The molecule has 0 spiro atoms. The normalized spacial score (nSPS) is 16.7. The van der Waals surface area contributed by atoms with Gasteiger partial charge < -0.3 is 4.74 Å². The summed E-state index contributed by atoms with van der Waals surface area (Å²) in [4.78, 5) is 31.3. The Morgan fingerprint density at radius 1 is 1.32 bits per heavy atom. The summed E-state index contributed by atoms with van der Waals surface area (Å²) in [6.07, 6.45) is 1.38. The third kappa shape index (κ3) is 4.30. The van der Waals surface area contributed by atoms with Crippen molar-refractivity contribution in [1.29, 1.82) is 0 Å². The molecular formula is C21H26N2O3S2. The fourth-order valence-corrected chi connectivity index (χ4v) is 5.49. The van der Waals surface area contributed by atoms with E-state index in [1.807, 2.05) is 32.9 Å². The molecule has 2 aromatic rings. The van der Waals surface area contributed by atoms with E-state index in [1.54, 1.807) is 23.3 Å². The van der Waals surface area contributed by atoms with Crippen LogP contribution in [-0.4, -0.2) is 32.6 Å². The molecule has 1 aromatic carbocycles. The van der Waals surface area contributed by atoms with Gasteiger partial charge in [-0.25, -0.2) is 4.98 Å². The summed E-state index contributed by atoms with van der Waals surface area (Å²) >= 11 is 2.91. The highest BCUT2D eigenvalue weighted by Gasteiger charge is 2.29. The molecule has 2 atom stereocenters. The minimum atomic E-state index is -0.395. The number of nitrogens with zero attached hydrogens (tertiary/aromatic N) is 2. The number of aromatic nitrogens is 2. The number of carbonyl (C=O) groups excluding carboxylic acids is 1. The van der Waals surface area contributed by atoms with Gasteiger partial charge in [0.05, 0.1) is 22.9 Å². The van der Waals surface area contributed by atoms with Crippen LogP contribution in [0.5, 0.6) is 0 Å². The highest BCUT2D eigenvalue weighted by atomic mass is 32.2. The first-order valence-corrected chi connectivity index (χ1v) is 11.3. The van der Waals surface area contributed by atoms with Crippen molar-refractivity contribution in [2.24, 2.45) is 0 Å². The van der Waals surface area contributed by atoms with Gasteiger partial charge >= 0.3 is 5.97 Å². The van der Waals surface area contributed by atoms with E-state index in [0.717, 1.165) is 33.8 Å². The third-order valence-corrected chi connectivity index (χ3v) is 7.02. The molecule has 2 heterocycles. The monoisotopic (exact) mass is 418 g/mol. The van der Waals surface area contributed by atoms with Crippen LogP contribution in [0.1, 0.15) is 44.0 Å². The number of carbonyl (C=O) groups is 1. The summed E-state index contributed by atoms with van der Waals surface area (Å²) in [6, 6.07) is 6.05. The standard InChI is InChI=1S/C21H26N2O3S2/c1-6-17(20(25)26-7-2)28-21-22-16-11-14(5)27-18(16)19(24)23(21)15-9-12(3)8-13(4)10-15/h8-10,14,17H,6-7,11H2,1-5H3/t14-,17+/m1/s1. The molecule has 0 unspecified atom stereocenters. The van der Waals surface area contributed by atoms with E-state index >= 15 is 0 Å². The maximum atomic E-state index is 13.4. The Morgan fingerprint density at radius 3 is 2.61 bits per heavy atom. The number of hydrogen-bond acceptors (Lipinski definition) is 6. The SMILES string of the molecule is CCOC(=O)[C@H](CC)Sc1nc2c(c(=O)n1-c1cc(C)cc(C)c1)S[C@H](C)C2. The van der Waals surface area contributed by atoms with Gasteiger partial charge in [0.2, 0.25) is 0 Å². The van der Waals surface area contributed by atoms with Gasteiger partial charge in [-0.1, -0.05) is 31.7 Å². The Hall–Kier alpha value is -1.73. The van der Waals surface area contributed by atoms with Crippen LogP contribution >= 0.6 is 23.5 Å². The molecule has 3 rings (SSSR count). The number of aryl methyl sites for hydroxylation is 2. The molecule has 5 nitrogen and oxygen atoms in total. The average molecular weight is 419 g/mol. The first kappa shape index (κ1) is 21.0. The molecule has 0 aliphatic carbocycles. The second-order valence-corrected chi connectivity index (χ2v) is 9.67. The maximum Gasteiger partial charge on any atom is 0.319 e. The summed E-state index contributed by atoms with van der Waals surface area (Å²) in [7, 11) is 0. The van der Waals surface area contributed by atoms with Gasteiger partial charge in [-0.2, -0.15) is 0 Å². The molecule has 1 aromatic heterocycles. The number of fused-ring (bicyclic) bond motifs is 1. The lowest BCUT2D eigenvalue weighted by molar-refractivity contribution is -0.142.